The minimum Gasteiger partial charge on any atom is -0.481 e. The summed E-state index contributed by atoms with van der Waals surface area (Å²) in [5.41, 5.74) is 2.27. The maximum absolute atomic E-state index is 11.4. The summed E-state index contributed by atoms with van der Waals surface area (Å²) >= 11 is 0. The predicted octanol–water partition coefficient (Wildman–Crippen LogP) is 3.72. The second-order valence-electron chi connectivity index (χ2n) is 5.39. The molecular weight excluding hydrogens is 250 g/mol. The summed E-state index contributed by atoms with van der Waals surface area (Å²) < 4.78 is 0. The Morgan fingerprint density at radius 3 is 2.60 bits per heavy atom. The summed E-state index contributed by atoms with van der Waals surface area (Å²) in [6.07, 6.45) is 1.36. The Bertz CT molecular complexity index is 638. The van der Waals surface area contributed by atoms with Crippen LogP contribution < -0.4 is 0 Å². The first-order chi connectivity index (χ1) is 9.67. The van der Waals surface area contributed by atoms with E-state index in [1.54, 1.807) is 0 Å². The number of carboxylic acids is 1. The zero-order chi connectivity index (χ0) is 14.2. The van der Waals surface area contributed by atoms with Gasteiger partial charge in [-0.3, -0.25) is 9.78 Å². The van der Waals surface area contributed by atoms with Crippen LogP contribution in [-0.4, -0.2) is 16.1 Å². The van der Waals surface area contributed by atoms with Crippen molar-refractivity contribution >= 4 is 5.97 Å². The second kappa shape index (κ2) is 4.75. The number of nitrogens with zero attached hydrogens (tertiary/aromatic N) is 1. The number of rotatable bonds is 4. The Morgan fingerprint density at radius 2 is 2.00 bits per heavy atom. The molecule has 3 heteroatoms. The number of benzene rings is 1. The van der Waals surface area contributed by atoms with Crippen molar-refractivity contribution < 1.29 is 9.90 Å². The number of hydrogen-bond donors (Lipinski definition) is 1. The standard InChI is InChI=1S/C17H17NO2/c1-2-17(16(19)20)11-13(17)15-10-6-9-14(18-15)12-7-4-3-5-8-12/h3-10,13H,2,11H2,1H3,(H,19,20)/t13-,17+/m0/s1. The molecule has 2 atom stereocenters. The molecule has 1 fully saturated rings. The van der Waals surface area contributed by atoms with E-state index in [2.05, 4.69) is 4.98 Å². The molecule has 0 bridgehead atoms. The third-order valence-corrected chi connectivity index (χ3v) is 4.33. The molecule has 1 aromatic carbocycles. The van der Waals surface area contributed by atoms with E-state index in [9.17, 15) is 9.90 Å². The normalized spacial score (nSPS) is 24.4. The average molecular weight is 267 g/mol. The molecule has 1 aliphatic carbocycles. The fraction of sp³-hybridized carbons (Fsp3) is 0.294. The fourth-order valence-electron chi connectivity index (χ4n) is 2.89. The molecule has 1 N–H and O–H groups in total. The highest BCUT2D eigenvalue weighted by atomic mass is 16.4. The SMILES string of the molecule is CC[C@@]1(C(=O)O)C[C@H]1c1cccc(-c2ccccc2)n1. The van der Waals surface area contributed by atoms with E-state index in [0.29, 0.717) is 12.8 Å². The van der Waals surface area contributed by atoms with Crippen molar-refractivity contribution in [1.82, 2.24) is 4.98 Å². The van der Waals surface area contributed by atoms with Crippen molar-refractivity contribution in [3.8, 4) is 11.3 Å². The molecule has 0 amide bonds. The molecule has 0 aliphatic heterocycles. The van der Waals surface area contributed by atoms with Gasteiger partial charge in [0, 0.05) is 17.2 Å². The van der Waals surface area contributed by atoms with Crippen LogP contribution in [0, 0.1) is 5.41 Å². The van der Waals surface area contributed by atoms with E-state index >= 15 is 0 Å². The van der Waals surface area contributed by atoms with Crippen LogP contribution in [0.4, 0.5) is 0 Å². The lowest BCUT2D eigenvalue weighted by Gasteiger charge is -2.09. The minimum absolute atomic E-state index is 0.0497. The predicted molar refractivity (Wildman–Crippen MR) is 77.4 cm³/mol. The van der Waals surface area contributed by atoms with E-state index in [4.69, 9.17) is 0 Å². The summed E-state index contributed by atoms with van der Waals surface area (Å²) in [6.45, 7) is 1.94. The number of carboxylic acid groups (broad SMARTS) is 1. The Labute approximate surface area is 118 Å². The van der Waals surface area contributed by atoms with Crippen molar-refractivity contribution in [3.05, 3.63) is 54.2 Å². The molecule has 3 nitrogen and oxygen atoms in total. The topological polar surface area (TPSA) is 50.2 Å². The van der Waals surface area contributed by atoms with Crippen molar-refractivity contribution in [2.45, 2.75) is 25.7 Å². The highest BCUT2D eigenvalue weighted by molar-refractivity contribution is 5.80. The number of pyridine rings is 1. The first-order valence-corrected chi connectivity index (χ1v) is 6.93. The third kappa shape index (κ3) is 1.99. The van der Waals surface area contributed by atoms with Gasteiger partial charge in [-0.2, -0.15) is 0 Å². The Hall–Kier alpha value is -2.16. The second-order valence-corrected chi connectivity index (χ2v) is 5.39. The lowest BCUT2D eigenvalue weighted by molar-refractivity contribution is -0.143. The number of aromatic nitrogens is 1. The van der Waals surface area contributed by atoms with Gasteiger partial charge >= 0.3 is 5.97 Å². The number of hydrogen-bond acceptors (Lipinski definition) is 2. The van der Waals surface area contributed by atoms with Gasteiger partial charge < -0.3 is 5.11 Å². The van der Waals surface area contributed by atoms with E-state index < -0.39 is 11.4 Å². The summed E-state index contributed by atoms with van der Waals surface area (Å²) in [4.78, 5) is 16.1. The van der Waals surface area contributed by atoms with Crippen LogP contribution in [0.25, 0.3) is 11.3 Å². The minimum atomic E-state index is -0.697. The highest BCUT2D eigenvalue weighted by Gasteiger charge is 2.60. The fourth-order valence-corrected chi connectivity index (χ4v) is 2.89. The van der Waals surface area contributed by atoms with Crippen LogP contribution in [0.2, 0.25) is 0 Å². The van der Waals surface area contributed by atoms with Gasteiger partial charge in [-0.15, -0.1) is 0 Å². The molecule has 0 unspecified atom stereocenters. The zero-order valence-corrected chi connectivity index (χ0v) is 11.4. The average Bonchev–Trinajstić information content (AvgIpc) is 3.25. The molecular formula is C17H17NO2. The molecule has 1 aromatic heterocycles. The first kappa shape index (κ1) is 12.9. The number of aliphatic carboxylic acids is 1. The Balaban J connectivity index is 1.93. The maximum atomic E-state index is 11.4. The molecule has 0 saturated heterocycles. The largest absolute Gasteiger partial charge is 0.481 e. The summed E-state index contributed by atoms with van der Waals surface area (Å²) in [5, 5.41) is 9.39. The van der Waals surface area contributed by atoms with Crippen molar-refractivity contribution in [3.63, 3.8) is 0 Å². The van der Waals surface area contributed by atoms with Crippen molar-refractivity contribution in [1.29, 1.82) is 0 Å². The van der Waals surface area contributed by atoms with E-state index in [1.165, 1.54) is 0 Å². The van der Waals surface area contributed by atoms with Gasteiger partial charge in [-0.1, -0.05) is 43.3 Å². The van der Waals surface area contributed by atoms with Crippen LogP contribution in [0.5, 0.6) is 0 Å². The van der Waals surface area contributed by atoms with Gasteiger partial charge in [0.05, 0.1) is 11.1 Å². The van der Waals surface area contributed by atoms with Gasteiger partial charge in [0.15, 0.2) is 0 Å². The summed E-state index contributed by atoms with van der Waals surface area (Å²) in [7, 11) is 0. The molecule has 1 aliphatic rings. The Morgan fingerprint density at radius 1 is 1.25 bits per heavy atom. The Kier molecular flexibility index (Phi) is 3.05. The third-order valence-electron chi connectivity index (χ3n) is 4.33. The first-order valence-electron chi connectivity index (χ1n) is 6.93. The molecule has 1 heterocycles. The summed E-state index contributed by atoms with van der Waals surface area (Å²) in [5.74, 6) is -0.648. The summed E-state index contributed by atoms with van der Waals surface area (Å²) in [6, 6.07) is 15.8. The van der Waals surface area contributed by atoms with Crippen LogP contribution in [0.15, 0.2) is 48.5 Å². The highest BCUT2D eigenvalue weighted by Crippen LogP contribution is 2.61. The molecule has 3 rings (SSSR count). The van der Waals surface area contributed by atoms with Gasteiger partial charge in [-0.05, 0) is 25.0 Å². The molecule has 2 aromatic rings. The van der Waals surface area contributed by atoms with Crippen molar-refractivity contribution in [2.24, 2.45) is 5.41 Å². The molecule has 1 saturated carbocycles. The molecule has 102 valence electrons. The lowest BCUT2D eigenvalue weighted by atomic mass is 9.98. The van der Waals surface area contributed by atoms with Crippen LogP contribution in [-0.2, 0) is 4.79 Å². The van der Waals surface area contributed by atoms with E-state index in [1.807, 2.05) is 55.5 Å². The van der Waals surface area contributed by atoms with E-state index in [0.717, 1.165) is 17.0 Å². The quantitative estimate of drug-likeness (QED) is 0.918. The molecule has 20 heavy (non-hydrogen) atoms. The van der Waals surface area contributed by atoms with Crippen LogP contribution in [0.1, 0.15) is 31.4 Å². The molecule has 0 radical (unpaired) electrons. The van der Waals surface area contributed by atoms with Crippen LogP contribution in [0.3, 0.4) is 0 Å². The maximum Gasteiger partial charge on any atom is 0.310 e. The lowest BCUT2D eigenvalue weighted by Crippen LogP contribution is -2.16. The van der Waals surface area contributed by atoms with Gasteiger partial charge in [-0.25, -0.2) is 0 Å². The van der Waals surface area contributed by atoms with Crippen LogP contribution >= 0.6 is 0 Å². The van der Waals surface area contributed by atoms with E-state index in [-0.39, 0.29) is 5.92 Å². The van der Waals surface area contributed by atoms with Gasteiger partial charge in [0.2, 0.25) is 0 Å². The number of carbonyl (C=O) groups is 1. The van der Waals surface area contributed by atoms with Crippen molar-refractivity contribution in [2.75, 3.05) is 0 Å². The molecule has 0 spiro atoms. The van der Waals surface area contributed by atoms with Gasteiger partial charge in [0.1, 0.15) is 0 Å². The zero-order valence-electron chi connectivity index (χ0n) is 11.4. The monoisotopic (exact) mass is 267 g/mol. The van der Waals surface area contributed by atoms with Gasteiger partial charge in [0.25, 0.3) is 0 Å². The smallest absolute Gasteiger partial charge is 0.310 e.